The average molecular weight is 314 g/mol. The molecule has 2 amide bonds. The molecule has 5 nitrogen and oxygen atoms in total. The zero-order valence-electron chi connectivity index (χ0n) is 12.9. The van der Waals surface area contributed by atoms with Crippen molar-refractivity contribution < 1.29 is 14.0 Å². The largest absolute Gasteiger partial charge is 0.364 e. The maximum atomic E-state index is 14.2. The van der Waals surface area contributed by atoms with Gasteiger partial charge in [0, 0.05) is 18.2 Å². The van der Waals surface area contributed by atoms with Crippen LogP contribution >= 0.6 is 0 Å². The maximum absolute atomic E-state index is 14.2. The highest BCUT2D eigenvalue weighted by atomic mass is 19.1. The highest BCUT2D eigenvalue weighted by Crippen LogP contribution is 2.20. The lowest BCUT2D eigenvalue weighted by atomic mass is 10.1. The Labute approximate surface area is 133 Å². The van der Waals surface area contributed by atoms with Gasteiger partial charge in [0.1, 0.15) is 11.5 Å². The highest BCUT2D eigenvalue weighted by molar-refractivity contribution is 5.95. The van der Waals surface area contributed by atoms with Crippen LogP contribution in [-0.2, 0) is 0 Å². The van der Waals surface area contributed by atoms with Gasteiger partial charge in [0.2, 0.25) is 0 Å². The molecule has 6 heteroatoms. The number of carbonyl (C=O) groups excluding carboxylic acids is 2. The van der Waals surface area contributed by atoms with Crippen LogP contribution in [0.1, 0.15) is 34.7 Å². The van der Waals surface area contributed by atoms with E-state index in [4.69, 9.17) is 5.73 Å². The van der Waals surface area contributed by atoms with Gasteiger partial charge >= 0.3 is 0 Å². The van der Waals surface area contributed by atoms with Crippen LogP contribution in [0, 0.1) is 17.8 Å². The Morgan fingerprint density at radius 3 is 2.70 bits per heavy atom. The monoisotopic (exact) mass is 314 g/mol. The Bertz CT molecular complexity index is 744. The number of nitrogens with one attached hydrogen (secondary N) is 1. The normalized spacial score (nSPS) is 10.6. The molecule has 119 valence electrons. The summed E-state index contributed by atoms with van der Waals surface area (Å²) in [6, 6.07) is 9.85. The number of nitrogens with zero attached hydrogens (tertiary/aromatic N) is 1. The average Bonchev–Trinajstić information content (AvgIpc) is 2.52. The van der Waals surface area contributed by atoms with Crippen molar-refractivity contribution >= 4 is 11.8 Å². The summed E-state index contributed by atoms with van der Waals surface area (Å²) in [5.74, 6) is -1.55. The zero-order valence-corrected chi connectivity index (χ0v) is 12.9. The fraction of sp³-hybridized carbons (Fsp3) is 0.235. The van der Waals surface area contributed by atoms with Crippen molar-refractivity contribution in [2.24, 2.45) is 11.7 Å². The molecular formula is C17H17FN3O2. The van der Waals surface area contributed by atoms with Crippen molar-refractivity contribution in [1.82, 2.24) is 10.3 Å². The molecule has 1 radical (unpaired) electrons. The van der Waals surface area contributed by atoms with E-state index in [1.807, 2.05) is 13.8 Å². The summed E-state index contributed by atoms with van der Waals surface area (Å²) in [4.78, 5) is 27.1. The van der Waals surface area contributed by atoms with Crippen LogP contribution in [0.3, 0.4) is 0 Å². The van der Waals surface area contributed by atoms with E-state index in [0.717, 1.165) is 0 Å². The minimum atomic E-state index is -0.711. The Morgan fingerprint density at radius 2 is 2.09 bits per heavy atom. The van der Waals surface area contributed by atoms with Gasteiger partial charge in [-0.3, -0.25) is 9.59 Å². The van der Waals surface area contributed by atoms with E-state index in [1.54, 1.807) is 12.1 Å². The topological polar surface area (TPSA) is 85.1 Å². The Morgan fingerprint density at radius 1 is 1.35 bits per heavy atom. The number of aromatic nitrogens is 1. The van der Waals surface area contributed by atoms with Gasteiger partial charge in [0.05, 0.1) is 11.3 Å². The number of rotatable bonds is 5. The third-order valence-electron chi connectivity index (χ3n) is 3.11. The van der Waals surface area contributed by atoms with Crippen LogP contribution in [0.5, 0.6) is 0 Å². The van der Waals surface area contributed by atoms with Crippen LogP contribution in [0.15, 0.2) is 30.3 Å². The lowest BCUT2D eigenvalue weighted by Crippen LogP contribution is -2.28. The molecule has 1 aromatic carbocycles. The molecule has 1 aromatic heterocycles. The van der Waals surface area contributed by atoms with Gasteiger partial charge in [0.25, 0.3) is 11.8 Å². The van der Waals surface area contributed by atoms with E-state index in [0.29, 0.717) is 17.8 Å². The number of pyridine rings is 1. The third kappa shape index (κ3) is 4.12. The molecular weight excluding hydrogens is 297 g/mol. The predicted molar refractivity (Wildman–Crippen MR) is 84.2 cm³/mol. The molecule has 1 heterocycles. The van der Waals surface area contributed by atoms with Crippen LogP contribution < -0.4 is 11.1 Å². The lowest BCUT2D eigenvalue weighted by Gasteiger charge is -2.09. The number of hydrogen-bond acceptors (Lipinski definition) is 3. The third-order valence-corrected chi connectivity index (χ3v) is 3.11. The van der Waals surface area contributed by atoms with Gasteiger partial charge in [-0.1, -0.05) is 19.9 Å². The van der Waals surface area contributed by atoms with Crippen molar-refractivity contribution in [1.29, 1.82) is 0 Å². The molecule has 0 saturated heterocycles. The number of halogens is 1. The Hall–Kier alpha value is -2.76. The second-order valence-electron chi connectivity index (χ2n) is 5.49. The quantitative estimate of drug-likeness (QED) is 0.887. The van der Waals surface area contributed by atoms with E-state index in [9.17, 15) is 14.0 Å². The first kappa shape index (κ1) is 16.6. The number of amides is 2. The first-order chi connectivity index (χ1) is 10.9. The Kier molecular flexibility index (Phi) is 5.05. The summed E-state index contributed by atoms with van der Waals surface area (Å²) in [6.45, 7) is 4.38. The molecule has 3 N–H and O–H groups in total. The lowest BCUT2D eigenvalue weighted by molar-refractivity contribution is 0.0943. The smallest absolute Gasteiger partial charge is 0.267 e. The summed E-state index contributed by atoms with van der Waals surface area (Å²) in [6.07, 6.45) is 0. The summed E-state index contributed by atoms with van der Waals surface area (Å²) in [7, 11) is 0. The molecule has 0 fully saturated rings. The van der Waals surface area contributed by atoms with Crippen molar-refractivity contribution in [3.8, 4) is 11.3 Å². The van der Waals surface area contributed by atoms with Crippen LogP contribution in [0.4, 0.5) is 4.39 Å². The van der Waals surface area contributed by atoms with Crippen molar-refractivity contribution in [3.05, 3.63) is 53.5 Å². The van der Waals surface area contributed by atoms with Gasteiger partial charge in [-0.15, -0.1) is 0 Å². The molecule has 0 aliphatic heterocycles. The fourth-order valence-corrected chi connectivity index (χ4v) is 1.93. The number of carbonyl (C=O) groups is 2. The zero-order chi connectivity index (χ0) is 17.0. The molecule has 0 aliphatic carbocycles. The van der Waals surface area contributed by atoms with Crippen LogP contribution in [-0.4, -0.2) is 23.3 Å². The number of nitrogens with two attached hydrogens (primary N) is 1. The van der Waals surface area contributed by atoms with E-state index in [2.05, 4.69) is 16.4 Å². The second-order valence-corrected chi connectivity index (χ2v) is 5.49. The van der Waals surface area contributed by atoms with Gasteiger partial charge in [0.15, 0.2) is 0 Å². The van der Waals surface area contributed by atoms with Crippen LogP contribution in [0.2, 0.25) is 0 Å². The molecule has 23 heavy (non-hydrogen) atoms. The molecule has 2 aromatic rings. The van der Waals surface area contributed by atoms with Crippen molar-refractivity contribution in [3.63, 3.8) is 0 Å². The number of benzene rings is 1. The molecule has 0 aliphatic rings. The fourth-order valence-electron chi connectivity index (χ4n) is 1.93. The predicted octanol–water partition coefficient (Wildman–Crippen LogP) is 2.17. The summed E-state index contributed by atoms with van der Waals surface area (Å²) >= 11 is 0. The van der Waals surface area contributed by atoms with Crippen molar-refractivity contribution in [2.75, 3.05) is 6.54 Å². The van der Waals surface area contributed by atoms with Gasteiger partial charge < -0.3 is 11.1 Å². The molecule has 0 saturated carbocycles. The van der Waals surface area contributed by atoms with E-state index in [1.165, 1.54) is 18.2 Å². The van der Waals surface area contributed by atoms with Gasteiger partial charge in [-0.05, 0) is 30.2 Å². The summed E-state index contributed by atoms with van der Waals surface area (Å²) in [5.41, 5.74) is 5.92. The first-order valence-electron chi connectivity index (χ1n) is 7.15. The van der Waals surface area contributed by atoms with Crippen LogP contribution in [0.25, 0.3) is 11.3 Å². The minimum Gasteiger partial charge on any atom is -0.364 e. The first-order valence-corrected chi connectivity index (χ1v) is 7.15. The Balaban J connectivity index is 2.27. The van der Waals surface area contributed by atoms with E-state index in [-0.39, 0.29) is 17.2 Å². The van der Waals surface area contributed by atoms with E-state index < -0.39 is 17.6 Å². The summed E-state index contributed by atoms with van der Waals surface area (Å²) in [5, 5.41) is 2.66. The standard InChI is InChI=1S/C17H17FN3O2/c1-10(2)9-20-17(23)12-7-6-11(8-13(12)18)14-4-3-5-15(21-14)16(19)22/h3-4,6-8,10H,9H2,1-2H3,(H2,19,22)(H,20,23). The maximum Gasteiger partial charge on any atom is 0.267 e. The van der Waals surface area contributed by atoms with Gasteiger partial charge in [-0.2, -0.15) is 0 Å². The van der Waals surface area contributed by atoms with Crippen molar-refractivity contribution in [2.45, 2.75) is 13.8 Å². The van der Waals surface area contributed by atoms with Gasteiger partial charge in [-0.25, -0.2) is 9.37 Å². The molecule has 2 rings (SSSR count). The number of hydrogen-bond donors (Lipinski definition) is 2. The molecule has 0 atom stereocenters. The highest BCUT2D eigenvalue weighted by Gasteiger charge is 2.14. The molecule has 0 unspecified atom stereocenters. The molecule has 0 bridgehead atoms. The SMILES string of the molecule is CC(C)CNC(=O)c1ccc(-c2cc[c]c(C(N)=O)n2)cc1F. The second kappa shape index (κ2) is 7.00. The number of primary amides is 1. The van der Waals surface area contributed by atoms with E-state index >= 15 is 0 Å². The minimum absolute atomic E-state index is 0.0262. The summed E-state index contributed by atoms with van der Waals surface area (Å²) < 4.78 is 14.2. The molecule has 0 spiro atoms.